The van der Waals surface area contributed by atoms with E-state index in [9.17, 15) is 14.3 Å². The molecule has 0 N–H and O–H groups in total. The van der Waals surface area contributed by atoms with E-state index in [2.05, 4.69) is 62.5 Å². The second kappa shape index (κ2) is 40.8. The van der Waals surface area contributed by atoms with Gasteiger partial charge in [-0.1, -0.05) is 165 Å². The minimum Gasteiger partial charge on any atom is -0.756 e. The van der Waals surface area contributed by atoms with Crippen LogP contribution in [0.2, 0.25) is 0 Å². The smallest absolute Gasteiger partial charge is 0.305 e. The lowest BCUT2D eigenvalue weighted by atomic mass is 10.0. The van der Waals surface area contributed by atoms with Crippen molar-refractivity contribution in [3.8, 4) is 0 Å². The number of quaternary nitrogens is 1. The highest BCUT2D eigenvalue weighted by Crippen LogP contribution is 2.38. The Kier molecular flexibility index (Phi) is 39.4. The number of nitrogens with zero attached hydrogens (tertiary/aromatic N) is 1. The first-order valence-corrected chi connectivity index (χ1v) is 24.5. The summed E-state index contributed by atoms with van der Waals surface area (Å²) in [6.07, 6.45) is 51.9. The van der Waals surface area contributed by atoms with Gasteiger partial charge in [0.1, 0.15) is 19.8 Å². The summed E-state index contributed by atoms with van der Waals surface area (Å²) in [5, 5.41) is 0. The van der Waals surface area contributed by atoms with Crippen LogP contribution in [-0.2, 0) is 27.9 Å². The van der Waals surface area contributed by atoms with Crippen molar-refractivity contribution >= 4 is 13.8 Å². The highest BCUT2D eigenvalue weighted by atomic mass is 31.2. The molecule has 0 aromatic rings. The van der Waals surface area contributed by atoms with E-state index in [4.69, 9.17) is 18.5 Å². The fourth-order valence-electron chi connectivity index (χ4n) is 5.98. The van der Waals surface area contributed by atoms with E-state index in [0.717, 1.165) is 57.8 Å². The quantitative estimate of drug-likeness (QED) is 0.0151. The first-order valence-electron chi connectivity index (χ1n) is 23.1. The molecule has 0 spiro atoms. The SMILES string of the molecule is CCCCC/C=C\C/C=C\C/C=C\C/C=C\CCCCCC(=O)OCC(COP(=O)([O-])OCC[N+](C)(C)C)O/C=C\CCCCCCCCCCCCCCCC. The third-order valence-electron chi connectivity index (χ3n) is 9.66. The molecule has 0 bridgehead atoms. The zero-order valence-electron chi connectivity index (χ0n) is 37.5. The summed E-state index contributed by atoms with van der Waals surface area (Å²) >= 11 is 0. The third-order valence-corrected chi connectivity index (χ3v) is 10.6. The molecule has 0 fully saturated rings. The van der Waals surface area contributed by atoms with Crippen molar-refractivity contribution in [2.24, 2.45) is 0 Å². The van der Waals surface area contributed by atoms with E-state index in [1.165, 1.54) is 109 Å². The Hall–Kier alpha value is -1.96. The van der Waals surface area contributed by atoms with Gasteiger partial charge in [0, 0.05) is 6.42 Å². The normalized spacial score (nSPS) is 14.2. The van der Waals surface area contributed by atoms with Gasteiger partial charge in [0.15, 0.2) is 6.10 Å². The second-order valence-electron chi connectivity index (χ2n) is 16.5. The fraction of sp³-hybridized carbons (Fsp3) is 0.771. The van der Waals surface area contributed by atoms with E-state index >= 15 is 0 Å². The molecule has 0 aromatic carbocycles. The first kappa shape index (κ1) is 55.0. The molecule has 8 nitrogen and oxygen atoms in total. The van der Waals surface area contributed by atoms with E-state index in [0.29, 0.717) is 17.4 Å². The summed E-state index contributed by atoms with van der Waals surface area (Å²) in [6.45, 7) is 4.65. The monoisotopic (exact) mass is 822 g/mol. The van der Waals surface area contributed by atoms with E-state index in [1.54, 1.807) is 6.26 Å². The largest absolute Gasteiger partial charge is 0.756 e. The summed E-state index contributed by atoms with van der Waals surface area (Å²) < 4.78 is 34.4. The van der Waals surface area contributed by atoms with Gasteiger partial charge < -0.3 is 27.9 Å². The van der Waals surface area contributed by atoms with E-state index in [1.807, 2.05) is 27.2 Å². The summed E-state index contributed by atoms with van der Waals surface area (Å²) in [5.41, 5.74) is 0. The van der Waals surface area contributed by atoms with Crippen LogP contribution in [0.5, 0.6) is 0 Å². The Balaban J connectivity index is 4.32. The van der Waals surface area contributed by atoms with Crippen molar-refractivity contribution in [2.45, 2.75) is 193 Å². The number of carbonyl (C=O) groups excluding carboxylic acids is 1. The zero-order chi connectivity index (χ0) is 42.0. The van der Waals surface area contributed by atoms with Crippen LogP contribution in [0.3, 0.4) is 0 Å². The molecule has 9 heteroatoms. The molecule has 0 saturated carbocycles. The van der Waals surface area contributed by atoms with Gasteiger partial charge in [-0.2, -0.15) is 0 Å². The number of ether oxygens (including phenoxy) is 2. The Morgan fingerprint density at radius 1 is 0.561 bits per heavy atom. The Morgan fingerprint density at radius 2 is 0.982 bits per heavy atom. The lowest BCUT2D eigenvalue weighted by molar-refractivity contribution is -0.870. The average molecular weight is 822 g/mol. The summed E-state index contributed by atoms with van der Waals surface area (Å²) in [5.74, 6) is -0.322. The molecule has 332 valence electrons. The number of likely N-dealkylation sites (N-methyl/N-ethyl adjacent to an activating group) is 1. The van der Waals surface area contributed by atoms with E-state index in [-0.39, 0.29) is 25.8 Å². The summed E-state index contributed by atoms with van der Waals surface area (Å²) in [7, 11) is 1.34. The van der Waals surface area contributed by atoms with Crippen molar-refractivity contribution in [1.29, 1.82) is 0 Å². The van der Waals surface area contributed by atoms with Gasteiger partial charge in [0.25, 0.3) is 7.82 Å². The van der Waals surface area contributed by atoms with Crippen LogP contribution in [0.25, 0.3) is 0 Å². The number of unbranched alkanes of at least 4 members (excludes halogenated alkanes) is 20. The lowest BCUT2D eigenvalue weighted by Crippen LogP contribution is -2.37. The number of esters is 1. The number of phosphoric acid groups is 1. The Morgan fingerprint density at radius 3 is 1.49 bits per heavy atom. The van der Waals surface area contributed by atoms with Gasteiger partial charge >= 0.3 is 5.97 Å². The predicted octanol–water partition coefficient (Wildman–Crippen LogP) is 13.4. The number of phosphoric ester groups is 1. The highest BCUT2D eigenvalue weighted by Gasteiger charge is 2.19. The lowest BCUT2D eigenvalue weighted by Gasteiger charge is -2.28. The molecule has 0 aliphatic rings. The van der Waals surface area contributed by atoms with Gasteiger partial charge in [-0.15, -0.1) is 0 Å². The van der Waals surface area contributed by atoms with Crippen LogP contribution < -0.4 is 4.89 Å². The summed E-state index contributed by atoms with van der Waals surface area (Å²) in [4.78, 5) is 24.9. The fourth-order valence-corrected chi connectivity index (χ4v) is 6.71. The Bertz CT molecular complexity index is 1090. The molecule has 0 heterocycles. The molecule has 0 aromatic heterocycles. The molecule has 57 heavy (non-hydrogen) atoms. The Labute approximate surface area is 351 Å². The molecule has 0 rings (SSSR count). The molecular weight excluding hydrogens is 734 g/mol. The number of hydrogen-bond donors (Lipinski definition) is 0. The molecule has 0 aliphatic carbocycles. The first-order chi connectivity index (χ1) is 27.6. The van der Waals surface area contributed by atoms with Gasteiger partial charge in [-0.25, -0.2) is 0 Å². The van der Waals surface area contributed by atoms with Gasteiger partial charge in [0.05, 0.1) is 34.0 Å². The summed E-state index contributed by atoms with van der Waals surface area (Å²) in [6, 6.07) is 0. The number of allylic oxidation sites excluding steroid dienone is 9. The maximum atomic E-state index is 12.5. The average Bonchev–Trinajstić information content (AvgIpc) is 3.17. The van der Waals surface area contributed by atoms with Crippen molar-refractivity contribution in [1.82, 2.24) is 0 Å². The molecule has 2 atom stereocenters. The van der Waals surface area contributed by atoms with Crippen molar-refractivity contribution < 1.29 is 37.3 Å². The minimum absolute atomic E-state index is 0.0201. The minimum atomic E-state index is -4.53. The third kappa shape index (κ3) is 45.0. The van der Waals surface area contributed by atoms with Crippen LogP contribution >= 0.6 is 7.82 Å². The molecule has 0 radical (unpaired) electrons. The van der Waals surface area contributed by atoms with Gasteiger partial charge in [0.2, 0.25) is 0 Å². The maximum Gasteiger partial charge on any atom is 0.305 e. The maximum absolute atomic E-state index is 12.5. The topological polar surface area (TPSA) is 94.1 Å². The van der Waals surface area contributed by atoms with Crippen molar-refractivity contribution in [3.05, 3.63) is 60.9 Å². The predicted molar refractivity (Wildman–Crippen MR) is 240 cm³/mol. The highest BCUT2D eigenvalue weighted by molar-refractivity contribution is 7.45. The van der Waals surface area contributed by atoms with Gasteiger partial charge in [-0.05, 0) is 70.3 Å². The zero-order valence-corrected chi connectivity index (χ0v) is 38.4. The van der Waals surface area contributed by atoms with Crippen LogP contribution in [0.4, 0.5) is 0 Å². The molecule has 0 aliphatic heterocycles. The van der Waals surface area contributed by atoms with Gasteiger partial charge in [-0.3, -0.25) is 9.36 Å². The standard InChI is InChI=1S/C48H88NO7P/c1-6-8-10-12-14-16-18-20-22-24-25-26-27-29-31-33-35-37-39-41-48(50)54-45-47(46-56-57(51,52)55-44-42-49(3,4)5)53-43-40-38-36-34-32-30-28-23-21-19-17-15-13-11-9-7-2/h14,16,20,22,25-26,29,31,40,43,47H,6-13,15,17-19,21,23-24,27-28,30,32-39,41-42,44-46H2,1-5H3/b16-14-,22-20-,26-25-,31-29-,43-40-. The molecule has 0 amide bonds. The number of rotatable bonds is 42. The van der Waals surface area contributed by atoms with E-state index < -0.39 is 13.9 Å². The molecule has 2 unspecified atom stereocenters. The molecular formula is C48H88NO7P. The number of carbonyl (C=O) groups is 1. The van der Waals surface area contributed by atoms with Crippen molar-refractivity contribution in [2.75, 3.05) is 47.5 Å². The van der Waals surface area contributed by atoms with Crippen molar-refractivity contribution in [3.63, 3.8) is 0 Å². The van der Waals surface area contributed by atoms with Crippen LogP contribution in [-0.4, -0.2) is 64.1 Å². The van der Waals surface area contributed by atoms with Crippen LogP contribution in [0.1, 0.15) is 187 Å². The number of hydrogen-bond acceptors (Lipinski definition) is 7. The second-order valence-corrected chi connectivity index (χ2v) is 17.9. The molecule has 0 saturated heterocycles. The van der Waals surface area contributed by atoms with Crippen LogP contribution in [0, 0.1) is 0 Å². The van der Waals surface area contributed by atoms with Crippen LogP contribution in [0.15, 0.2) is 60.9 Å².